The van der Waals surface area contributed by atoms with E-state index < -0.39 is 5.95 Å². The molecule has 1 aromatic rings. The van der Waals surface area contributed by atoms with Crippen LogP contribution in [0.3, 0.4) is 0 Å². The van der Waals surface area contributed by atoms with E-state index in [4.69, 9.17) is 4.74 Å². The van der Waals surface area contributed by atoms with Gasteiger partial charge in [0.2, 0.25) is 5.95 Å². The van der Waals surface area contributed by atoms with Gasteiger partial charge < -0.3 is 9.64 Å². The number of rotatable bonds is 2. The van der Waals surface area contributed by atoms with Crippen molar-refractivity contribution in [2.75, 3.05) is 44.3 Å². The van der Waals surface area contributed by atoms with Gasteiger partial charge in [0.15, 0.2) is 0 Å². The SMILES string of the molecule is Fc1cc(N2CCC(N3CCOCC3)C2)ncn1. The van der Waals surface area contributed by atoms with Gasteiger partial charge >= 0.3 is 0 Å². The first-order valence-electron chi connectivity index (χ1n) is 6.37. The number of aromatic nitrogens is 2. The summed E-state index contributed by atoms with van der Waals surface area (Å²) in [5.41, 5.74) is 0. The number of halogens is 1. The predicted octanol–water partition coefficient (Wildman–Crippen LogP) is 0.527. The van der Waals surface area contributed by atoms with Crippen LogP contribution in [0.25, 0.3) is 0 Å². The van der Waals surface area contributed by atoms with Crippen molar-refractivity contribution in [3.63, 3.8) is 0 Å². The number of ether oxygens (including phenoxy) is 1. The molecule has 5 nitrogen and oxygen atoms in total. The lowest BCUT2D eigenvalue weighted by Gasteiger charge is -2.32. The van der Waals surface area contributed by atoms with Gasteiger partial charge in [-0.05, 0) is 6.42 Å². The fourth-order valence-electron chi connectivity index (χ4n) is 2.69. The minimum atomic E-state index is -0.463. The number of morpholine rings is 1. The smallest absolute Gasteiger partial charge is 0.218 e. The second-order valence-corrected chi connectivity index (χ2v) is 4.74. The van der Waals surface area contributed by atoms with E-state index in [1.54, 1.807) is 0 Å². The minimum absolute atomic E-state index is 0.463. The summed E-state index contributed by atoms with van der Waals surface area (Å²) in [5, 5.41) is 0. The van der Waals surface area contributed by atoms with Crippen molar-refractivity contribution in [2.45, 2.75) is 12.5 Å². The van der Waals surface area contributed by atoms with Gasteiger partial charge in [0, 0.05) is 38.3 Å². The quantitative estimate of drug-likeness (QED) is 0.718. The van der Waals surface area contributed by atoms with E-state index in [0.717, 1.165) is 45.8 Å². The minimum Gasteiger partial charge on any atom is -0.379 e. The van der Waals surface area contributed by atoms with Crippen molar-refractivity contribution < 1.29 is 9.13 Å². The molecule has 1 atom stereocenters. The summed E-state index contributed by atoms with van der Waals surface area (Å²) in [7, 11) is 0. The lowest BCUT2D eigenvalue weighted by molar-refractivity contribution is 0.0209. The molecule has 3 rings (SSSR count). The van der Waals surface area contributed by atoms with Crippen LogP contribution in [0, 0.1) is 5.95 Å². The zero-order chi connectivity index (χ0) is 12.4. The van der Waals surface area contributed by atoms with Crippen LogP contribution in [-0.2, 0) is 4.74 Å². The summed E-state index contributed by atoms with van der Waals surface area (Å²) >= 11 is 0. The summed E-state index contributed by atoms with van der Waals surface area (Å²) in [6.07, 6.45) is 2.39. The van der Waals surface area contributed by atoms with Gasteiger partial charge in [-0.1, -0.05) is 0 Å². The summed E-state index contributed by atoms with van der Waals surface area (Å²) in [6.45, 7) is 5.47. The first-order valence-corrected chi connectivity index (χ1v) is 6.37. The molecule has 0 saturated carbocycles. The standard InChI is InChI=1S/C12H17FN4O/c13-11-7-12(15-9-14-11)17-2-1-10(8-17)16-3-5-18-6-4-16/h7,9-10H,1-6,8H2. The number of anilines is 1. The fraction of sp³-hybridized carbons (Fsp3) is 0.667. The third kappa shape index (κ3) is 2.44. The number of nitrogens with zero attached hydrogens (tertiary/aromatic N) is 4. The Morgan fingerprint density at radius 2 is 2.06 bits per heavy atom. The Morgan fingerprint density at radius 3 is 2.83 bits per heavy atom. The summed E-state index contributed by atoms with van der Waals surface area (Å²) < 4.78 is 18.4. The highest BCUT2D eigenvalue weighted by atomic mass is 19.1. The van der Waals surface area contributed by atoms with Gasteiger partial charge in [-0.2, -0.15) is 4.39 Å². The van der Waals surface area contributed by atoms with Crippen LogP contribution < -0.4 is 4.90 Å². The highest BCUT2D eigenvalue weighted by Gasteiger charge is 2.29. The molecule has 0 aliphatic carbocycles. The zero-order valence-electron chi connectivity index (χ0n) is 10.3. The summed E-state index contributed by atoms with van der Waals surface area (Å²) in [6, 6.07) is 1.94. The van der Waals surface area contributed by atoms with E-state index in [9.17, 15) is 4.39 Å². The normalized spacial score (nSPS) is 25.6. The van der Waals surface area contributed by atoms with Crippen molar-refractivity contribution in [1.29, 1.82) is 0 Å². The van der Waals surface area contributed by atoms with Crippen LogP contribution in [0.1, 0.15) is 6.42 Å². The Bertz CT molecular complexity index is 411. The second-order valence-electron chi connectivity index (χ2n) is 4.74. The van der Waals surface area contributed by atoms with Crippen LogP contribution in [-0.4, -0.2) is 60.3 Å². The average molecular weight is 252 g/mol. The zero-order valence-corrected chi connectivity index (χ0v) is 10.3. The van der Waals surface area contributed by atoms with Crippen LogP contribution in [0.4, 0.5) is 10.2 Å². The molecule has 2 saturated heterocycles. The Hall–Kier alpha value is -1.27. The largest absolute Gasteiger partial charge is 0.379 e. The summed E-state index contributed by atoms with van der Waals surface area (Å²) in [4.78, 5) is 12.2. The Labute approximate surface area is 106 Å². The molecule has 98 valence electrons. The van der Waals surface area contributed by atoms with E-state index in [-0.39, 0.29) is 0 Å². The Morgan fingerprint density at radius 1 is 1.22 bits per heavy atom. The molecule has 0 bridgehead atoms. The molecule has 0 radical (unpaired) electrons. The molecule has 6 heteroatoms. The van der Waals surface area contributed by atoms with Crippen LogP contribution in [0.5, 0.6) is 0 Å². The fourth-order valence-corrected chi connectivity index (χ4v) is 2.69. The molecule has 2 aliphatic rings. The van der Waals surface area contributed by atoms with Gasteiger partial charge in [0.05, 0.1) is 13.2 Å². The lowest BCUT2D eigenvalue weighted by Crippen LogP contribution is -2.44. The molecule has 0 amide bonds. The molecule has 1 unspecified atom stereocenters. The number of hydrogen-bond acceptors (Lipinski definition) is 5. The van der Waals surface area contributed by atoms with Crippen molar-refractivity contribution in [2.24, 2.45) is 0 Å². The molecule has 3 heterocycles. The van der Waals surface area contributed by atoms with E-state index >= 15 is 0 Å². The van der Waals surface area contributed by atoms with E-state index in [1.807, 2.05) is 0 Å². The van der Waals surface area contributed by atoms with Crippen LogP contribution in [0.15, 0.2) is 12.4 Å². The topological polar surface area (TPSA) is 41.5 Å². The molecule has 0 aromatic carbocycles. The Kier molecular flexibility index (Phi) is 3.38. The van der Waals surface area contributed by atoms with Gasteiger partial charge in [0.1, 0.15) is 12.1 Å². The second kappa shape index (κ2) is 5.16. The summed E-state index contributed by atoms with van der Waals surface area (Å²) in [5.74, 6) is 0.230. The van der Waals surface area contributed by atoms with Crippen molar-refractivity contribution in [3.05, 3.63) is 18.3 Å². The highest BCUT2D eigenvalue weighted by Crippen LogP contribution is 2.21. The molecular formula is C12H17FN4O. The average Bonchev–Trinajstić information content (AvgIpc) is 2.89. The van der Waals surface area contributed by atoms with Gasteiger partial charge in [-0.15, -0.1) is 0 Å². The Balaban J connectivity index is 1.64. The van der Waals surface area contributed by atoms with Crippen molar-refractivity contribution in [3.8, 4) is 0 Å². The van der Waals surface area contributed by atoms with Crippen molar-refractivity contribution >= 4 is 5.82 Å². The number of hydrogen-bond donors (Lipinski definition) is 0. The van der Waals surface area contributed by atoms with Crippen molar-refractivity contribution in [1.82, 2.24) is 14.9 Å². The maximum atomic E-state index is 13.1. The molecule has 1 aromatic heterocycles. The highest BCUT2D eigenvalue weighted by molar-refractivity contribution is 5.38. The van der Waals surface area contributed by atoms with Crippen LogP contribution >= 0.6 is 0 Å². The molecule has 2 fully saturated rings. The molecular weight excluding hydrogens is 235 g/mol. The molecule has 0 N–H and O–H groups in total. The maximum absolute atomic E-state index is 13.1. The third-order valence-corrected chi connectivity index (χ3v) is 3.67. The third-order valence-electron chi connectivity index (χ3n) is 3.67. The van der Waals surface area contributed by atoms with Gasteiger partial charge in [0.25, 0.3) is 0 Å². The maximum Gasteiger partial charge on any atom is 0.218 e. The lowest BCUT2D eigenvalue weighted by atomic mass is 10.2. The first-order chi connectivity index (χ1) is 8.83. The molecule has 18 heavy (non-hydrogen) atoms. The van der Waals surface area contributed by atoms with Gasteiger partial charge in [-0.3, -0.25) is 4.90 Å². The molecule has 2 aliphatic heterocycles. The van der Waals surface area contributed by atoms with E-state index in [1.165, 1.54) is 12.4 Å². The van der Waals surface area contributed by atoms with E-state index in [0.29, 0.717) is 11.9 Å². The first kappa shape index (κ1) is 11.8. The molecule has 0 spiro atoms. The van der Waals surface area contributed by atoms with Crippen LogP contribution in [0.2, 0.25) is 0 Å². The van der Waals surface area contributed by atoms with E-state index in [2.05, 4.69) is 19.8 Å². The predicted molar refractivity (Wildman–Crippen MR) is 65.0 cm³/mol. The monoisotopic (exact) mass is 252 g/mol. The van der Waals surface area contributed by atoms with Gasteiger partial charge in [-0.25, -0.2) is 9.97 Å².